The molecule has 0 saturated heterocycles. The van der Waals surface area contributed by atoms with Crippen LogP contribution < -0.4 is 10.6 Å². The Morgan fingerprint density at radius 2 is 1.04 bits per heavy atom. The summed E-state index contributed by atoms with van der Waals surface area (Å²) in [6.07, 6.45) is 9.15. The number of rotatable bonds is 14. The smallest absolute Gasteiger partial charge is 0.253 e. The summed E-state index contributed by atoms with van der Waals surface area (Å²) in [6, 6.07) is 7.94. The molecule has 6 heterocycles. The van der Waals surface area contributed by atoms with E-state index in [1.807, 2.05) is 52.0 Å². The minimum Gasteiger partial charge on any atom is -0.355 e. The van der Waals surface area contributed by atoms with Gasteiger partial charge in [0.2, 0.25) is 22.1 Å². The summed E-state index contributed by atoms with van der Waals surface area (Å²) in [5.74, 6) is 1.10. The minimum atomic E-state index is -0.133. The maximum Gasteiger partial charge on any atom is 0.253 e. The summed E-state index contributed by atoms with van der Waals surface area (Å²) in [5.41, 5.74) is 8.18. The molecule has 6 rings (SSSR count). The second-order valence-corrected chi connectivity index (χ2v) is 13.3. The van der Waals surface area contributed by atoms with E-state index in [0.29, 0.717) is 41.4 Å². The standard InChI is InChI=1S/C33H36N12O2S2/c1-20-26(16-24-6-12-34-13-7-24)22(3)44-30(38-20)40-32(42-44)48-18-28(46)36-10-5-11-37-29(47)19-49-33-41-31-39-21(2)27(23(4)45(31)43-33)17-25-8-14-35-15-9-25/h6-9,12-15H,5,10-11,16-19H2,1-4H3,(H,36,46)(H,37,47). The van der Waals surface area contributed by atoms with Gasteiger partial charge in [0.25, 0.3) is 11.6 Å². The first-order valence-electron chi connectivity index (χ1n) is 15.8. The zero-order chi connectivity index (χ0) is 34.3. The van der Waals surface area contributed by atoms with Gasteiger partial charge in [-0.15, -0.1) is 10.2 Å². The Balaban J connectivity index is 0.913. The first-order chi connectivity index (χ1) is 23.7. The molecule has 14 nitrogen and oxygen atoms in total. The van der Waals surface area contributed by atoms with Crippen molar-refractivity contribution in [1.29, 1.82) is 0 Å². The summed E-state index contributed by atoms with van der Waals surface area (Å²) < 4.78 is 3.46. The zero-order valence-corrected chi connectivity index (χ0v) is 29.3. The van der Waals surface area contributed by atoms with Gasteiger partial charge >= 0.3 is 0 Å². The molecule has 2 amide bonds. The molecule has 0 atom stereocenters. The number of amides is 2. The molecule has 0 aromatic carbocycles. The first-order valence-corrected chi connectivity index (χ1v) is 17.7. The maximum absolute atomic E-state index is 12.5. The molecule has 0 aliphatic carbocycles. The molecular weight excluding hydrogens is 661 g/mol. The molecule has 0 saturated carbocycles. The Kier molecular flexibility index (Phi) is 10.7. The van der Waals surface area contributed by atoms with Crippen LogP contribution in [0.4, 0.5) is 0 Å². The van der Waals surface area contributed by atoms with Crippen LogP contribution in [0.1, 0.15) is 51.5 Å². The number of hydrogen-bond donors (Lipinski definition) is 2. The van der Waals surface area contributed by atoms with Gasteiger partial charge in [-0.1, -0.05) is 23.5 Å². The monoisotopic (exact) mass is 696 g/mol. The number of nitrogens with one attached hydrogen (secondary N) is 2. The fraction of sp³-hybridized carbons (Fsp3) is 0.333. The number of carbonyl (C=O) groups excluding carboxylic acids is 2. The quantitative estimate of drug-likeness (QED) is 0.126. The topological polar surface area (TPSA) is 170 Å². The molecule has 0 radical (unpaired) electrons. The number of nitrogens with zero attached hydrogens (tertiary/aromatic N) is 10. The number of pyridine rings is 2. The van der Waals surface area contributed by atoms with Crippen molar-refractivity contribution in [3.05, 3.63) is 94.1 Å². The van der Waals surface area contributed by atoms with Crippen molar-refractivity contribution in [2.45, 2.75) is 57.3 Å². The van der Waals surface area contributed by atoms with E-state index in [1.165, 1.54) is 23.5 Å². The molecule has 2 N–H and O–H groups in total. The van der Waals surface area contributed by atoms with Crippen LogP contribution >= 0.6 is 23.5 Å². The fourth-order valence-corrected chi connectivity index (χ4v) is 6.63. The van der Waals surface area contributed by atoms with Crippen LogP contribution in [0.3, 0.4) is 0 Å². The van der Waals surface area contributed by atoms with Crippen LogP contribution in [-0.4, -0.2) is 85.5 Å². The molecule has 49 heavy (non-hydrogen) atoms. The van der Waals surface area contributed by atoms with Crippen molar-refractivity contribution >= 4 is 46.9 Å². The lowest BCUT2D eigenvalue weighted by Gasteiger charge is -2.10. The Morgan fingerprint density at radius 1 is 0.633 bits per heavy atom. The number of aromatic nitrogens is 10. The summed E-state index contributed by atoms with van der Waals surface area (Å²) >= 11 is 2.52. The summed E-state index contributed by atoms with van der Waals surface area (Å²) in [4.78, 5) is 51.4. The average molecular weight is 697 g/mol. The Hall–Kier alpha value is -4.96. The molecule has 0 aliphatic rings. The van der Waals surface area contributed by atoms with E-state index < -0.39 is 0 Å². The molecule has 0 fully saturated rings. The Morgan fingerprint density at radius 3 is 1.45 bits per heavy atom. The normalized spacial score (nSPS) is 11.3. The number of thioether (sulfide) groups is 2. The predicted octanol–water partition coefficient (Wildman–Crippen LogP) is 3.27. The van der Waals surface area contributed by atoms with Gasteiger partial charge in [0.1, 0.15) is 0 Å². The van der Waals surface area contributed by atoms with Gasteiger partial charge in [-0.3, -0.25) is 19.6 Å². The van der Waals surface area contributed by atoms with Crippen LogP contribution in [0.5, 0.6) is 0 Å². The molecule has 0 aliphatic heterocycles. The highest BCUT2D eigenvalue weighted by atomic mass is 32.2. The molecule has 0 unspecified atom stereocenters. The molecule has 0 bridgehead atoms. The van der Waals surface area contributed by atoms with E-state index in [0.717, 1.165) is 57.9 Å². The number of carbonyl (C=O) groups is 2. The molecular formula is C33H36N12O2S2. The third kappa shape index (κ3) is 8.37. The van der Waals surface area contributed by atoms with Crippen molar-refractivity contribution < 1.29 is 9.59 Å². The third-order valence-corrected chi connectivity index (χ3v) is 9.66. The minimum absolute atomic E-state index is 0.133. The highest BCUT2D eigenvalue weighted by Crippen LogP contribution is 2.22. The summed E-state index contributed by atoms with van der Waals surface area (Å²) in [7, 11) is 0. The van der Waals surface area contributed by atoms with E-state index in [2.05, 4.69) is 50.7 Å². The number of fused-ring (bicyclic) bond motifs is 2. The van der Waals surface area contributed by atoms with Gasteiger partial charge in [-0.25, -0.2) is 19.0 Å². The fourth-order valence-electron chi connectivity index (χ4n) is 5.33. The SMILES string of the molecule is Cc1nc2nc(SCC(=O)NCCCNC(=O)CSc3nc4nc(C)c(Cc5ccncc5)c(C)n4n3)nn2c(C)c1Cc1ccncc1. The van der Waals surface area contributed by atoms with Crippen molar-refractivity contribution in [1.82, 2.24) is 59.8 Å². The Labute approximate surface area is 291 Å². The predicted molar refractivity (Wildman–Crippen MR) is 187 cm³/mol. The Bertz CT molecular complexity index is 1950. The van der Waals surface area contributed by atoms with Crippen LogP contribution in [0, 0.1) is 27.7 Å². The van der Waals surface area contributed by atoms with Crippen LogP contribution in [0.2, 0.25) is 0 Å². The highest BCUT2D eigenvalue weighted by Gasteiger charge is 2.17. The lowest BCUT2D eigenvalue weighted by Crippen LogP contribution is -2.31. The van der Waals surface area contributed by atoms with Crippen LogP contribution in [0.15, 0.2) is 59.4 Å². The number of aryl methyl sites for hydroxylation is 4. The second-order valence-electron chi connectivity index (χ2n) is 11.4. The van der Waals surface area contributed by atoms with E-state index in [4.69, 9.17) is 0 Å². The van der Waals surface area contributed by atoms with Crippen LogP contribution in [0.25, 0.3) is 11.6 Å². The van der Waals surface area contributed by atoms with Crippen molar-refractivity contribution in [2.75, 3.05) is 24.6 Å². The van der Waals surface area contributed by atoms with Gasteiger partial charge in [0.15, 0.2) is 0 Å². The number of hydrogen-bond acceptors (Lipinski definition) is 12. The lowest BCUT2D eigenvalue weighted by atomic mass is 10.0. The van der Waals surface area contributed by atoms with Gasteiger partial charge < -0.3 is 10.6 Å². The second kappa shape index (κ2) is 15.5. The summed E-state index contributed by atoms with van der Waals surface area (Å²) in [6.45, 7) is 8.81. The molecule has 0 spiro atoms. The maximum atomic E-state index is 12.5. The lowest BCUT2D eigenvalue weighted by molar-refractivity contribution is -0.118. The molecule has 6 aromatic rings. The molecule has 16 heteroatoms. The van der Waals surface area contributed by atoms with Crippen molar-refractivity contribution in [3.8, 4) is 0 Å². The van der Waals surface area contributed by atoms with Gasteiger partial charge in [0.05, 0.1) is 11.5 Å². The van der Waals surface area contributed by atoms with Crippen LogP contribution in [-0.2, 0) is 22.4 Å². The first kappa shape index (κ1) is 33.9. The highest BCUT2D eigenvalue weighted by molar-refractivity contribution is 8.00. The van der Waals surface area contributed by atoms with Crippen molar-refractivity contribution in [2.24, 2.45) is 0 Å². The average Bonchev–Trinajstić information content (AvgIpc) is 3.71. The summed E-state index contributed by atoms with van der Waals surface area (Å²) in [5, 5.41) is 15.9. The molecule has 252 valence electrons. The van der Waals surface area contributed by atoms with E-state index in [-0.39, 0.29) is 23.3 Å². The van der Waals surface area contributed by atoms with Gasteiger partial charge in [-0.2, -0.15) is 9.97 Å². The van der Waals surface area contributed by atoms with E-state index in [9.17, 15) is 9.59 Å². The van der Waals surface area contributed by atoms with Gasteiger partial charge in [0, 0.05) is 73.5 Å². The van der Waals surface area contributed by atoms with E-state index >= 15 is 0 Å². The third-order valence-electron chi connectivity index (χ3n) is 7.98. The molecule has 6 aromatic heterocycles. The van der Waals surface area contributed by atoms with Crippen molar-refractivity contribution in [3.63, 3.8) is 0 Å². The van der Waals surface area contributed by atoms with Gasteiger partial charge in [-0.05, 0) is 80.6 Å². The zero-order valence-electron chi connectivity index (χ0n) is 27.7. The van der Waals surface area contributed by atoms with E-state index in [1.54, 1.807) is 33.8 Å². The largest absolute Gasteiger partial charge is 0.355 e.